The van der Waals surface area contributed by atoms with Crippen molar-refractivity contribution in [2.75, 3.05) is 23.9 Å². The van der Waals surface area contributed by atoms with Gasteiger partial charge < -0.3 is 19.8 Å². The highest BCUT2D eigenvalue weighted by atomic mass is 32.2. The number of nitrogens with zero attached hydrogens (tertiary/aromatic N) is 1. The van der Waals surface area contributed by atoms with E-state index in [1.54, 1.807) is 42.5 Å². The molecule has 1 fully saturated rings. The van der Waals surface area contributed by atoms with Crippen molar-refractivity contribution in [3.8, 4) is 11.5 Å². The summed E-state index contributed by atoms with van der Waals surface area (Å²) >= 11 is 2.26. The largest absolute Gasteiger partial charge is 0.493 e. The number of amides is 3. The monoisotopic (exact) mass is 587 g/mol. The first-order chi connectivity index (χ1) is 19.8. The fourth-order valence-corrected chi connectivity index (χ4v) is 7.70. The lowest BCUT2D eigenvalue weighted by Gasteiger charge is -2.30. The molecule has 208 valence electrons. The number of thiazole rings is 1. The molecule has 6 rings (SSSR count). The minimum absolute atomic E-state index is 0.239. The lowest BCUT2D eigenvalue weighted by molar-refractivity contribution is -0.122. The molecule has 11 heteroatoms. The predicted molar refractivity (Wildman–Crippen MR) is 157 cm³/mol. The van der Waals surface area contributed by atoms with Gasteiger partial charge in [0, 0.05) is 16.5 Å². The number of aromatic nitrogens is 1. The Morgan fingerprint density at radius 1 is 0.976 bits per heavy atom. The molecule has 0 bridgehead atoms. The molecular formula is C30H25N3O6S2. The van der Waals surface area contributed by atoms with Gasteiger partial charge in [0.25, 0.3) is 5.91 Å². The smallest absolute Gasteiger partial charge is 0.305 e. The van der Waals surface area contributed by atoms with Crippen LogP contribution in [0.1, 0.15) is 21.9 Å². The van der Waals surface area contributed by atoms with Crippen molar-refractivity contribution in [3.63, 3.8) is 0 Å². The number of aromatic amines is 1. The number of imide groups is 1. The fraction of sp³-hybridized carbons (Fsp3) is 0.200. The van der Waals surface area contributed by atoms with Crippen molar-refractivity contribution in [2.24, 2.45) is 5.92 Å². The van der Waals surface area contributed by atoms with Crippen LogP contribution in [0, 0.1) is 12.8 Å². The van der Waals surface area contributed by atoms with E-state index in [9.17, 15) is 19.2 Å². The van der Waals surface area contributed by atoms with Crippen molar-refractivity contribution in [1.29, 1.82) is 0 Å². The molecule has 3 amide bonds. The molecule has 0 aliphatic carbocycles. The number of hydrogen-bond acceptors (Lipinski definition) is 8. The van der Waals surface area contributed by atoms with Crippen molar-refractivity contribution >= 4 is 52.2 Å². The number of nitrogens with one attached hydrogen (secondary N) is 2. The van der Waals surface area contributed by atoms with Gasteiger partial charge in [0.15, 0.2) is 18.1 Å². The summed E-state index contributed by atoms with van der Waals surface area (Å²) < 4.78 is 11.4. The van der Waals surface area contributed by atoms with E-state index in [0.29, 0.717) is 38.3 Å². The molecule has 1 saturated heterocycles. The zero-order valence-corrected chi connectivity index (χ0v) is 23.7. The van der Waals surface area contributed by atoms with E-state index in [-0.39, 0.29) is 29.2 Å². The molecule has 3 aromatic carbocycles. The van der Waals surface area contributed by atoms with Crippen LogP contribution >= 0.6 is 23.1 Å². The first-order valence-electron chi connectivity index (χ1n) is 12.8. The summed E-state index contributed by atoms with van der Waals surface area (Å²) in [5.41, 5.74) is 2.96. The third-order valence-electron chi connectivity index (χ3n) is 7.08. The van der Waals surface area contributed by atoms with Crippen molar-refractivity contribution < 1.29 is 23.9 Å². The highest BCUT2D eigenvalue weighted by Crippen LogP contribution is 2.53. The first-order valence-corrected chi connectivity index (χ1v) is 14.5. The van der Waals surface area contributed by atoms with E-state index in [0.717, 1.165) is 16.9 Å². The van der Waals surface area contributed by atoms with Crippen LogP contribution in [-0.2, 0) is 14.4 Å². The molecule has 2 N–H and O–H groups in total. The maximum Gasteiger partial charge on any atom is 0.305 e. The summed E-state index contributed by atoms with van der Waals surface area (Å²) in [6, 6.07) is 21.5. The minimum Gasteiger partial charge on any atom is -0.493 e. The number of benzene rings is 3. The normalized spacial score (nSPS) is 19.5. The molecule has 3 atom stereocenters. The Bertz CT molecular complexity index is 1700. The summed E-state index contributed by atoms with van der Waals surface area (Å²) in [5.74, 6) is -1.53. The van der Waals surface area contributed by atoms with Gasteiger partial charge in [0.1, 0.15) is 5.25 Å². The Morgan fingerprint density at radius 3 is 2.46 bits per heavy atom. The number of carbonyl (C=O) groups is 3. The summed E-state index contributed by atoms with van der Waals surface area (Å²) in [7, 11) is 1.49. The van der Waals surface area contributed by atoms with Crippen LogP contribution in [0.4, 0.5) is 11.4 Å². The van der Waals surface area contributed by atoms with Gasteiger partial charge in [-0.15, -0.1) is 0 Å². The molecule has 41 heavy (non-hydrogen) atoms. The third-order valence-corrected chi connectivity index (χ3v) is 9.48. The number of rotatable bonds is 7. The molecule has 3 unspecified atom stereocenters. The average molecular weight is 588 g/mol. The number of methoxy groups -OCH3 is 1. The third kappa shape index (κ3) is 5.02. The van der Waals surface area contributed by atoms with Crippen LogP contribution in [0.5, 0.6) is 11.5 Å². The SMILES string of the molecule is COc1cc(C2c3sc(=O)[nH]c3SC3C(=O)N(c4ccccc4)C(=O)C32)ccc1OCC(=O)Nc1ccc(C)cc1. The standard InChI is InChI=1S/C30H25N3O6S2/c1-16-8-11-18(12-9-16)31-22(34)15-39-20-13-10-17(14-21(20)38-2)23-24-26(40-27-25(23)41-30(37)32-27)29(36)33(28(24)35)19-6-4-3-5-7-19/h3-14,23-24,26H,15H2,1-2H3,(H,31,34)(H,32,37). The summed E-state index contributed by atoms with van der Waals surface area (Å²) in [6.07, 6.45) is 0. The second kappa shape index (κ2) is 10.9. The number of para-hydroxylation sites is 1. The maximum absolute atomic E-state index is 13.8. The molecule has 2 aliphatic rings. The van der Waals surface area contributed by atoms with Gasteiger partial charge in [0.2, 0.25) is 11.8 Å². The van der Waals surface area contributed by atoms with E-state index in [4.69, 9.17) is 9.47 Å². The zero-order chi connectivity index (χ0) is 28.7. The molecule has 9 nitrogen and oxygen atoms in total. The molecule has 4 aromatic rings. The van der Waals surface area contributed by atoms with Crippen molar-refractivity contribution in [3.05, 3.63) is 98.5 Å². The Labute approximate surface area is 243 Å². The quantitative estimate of drug-likeness (QED) is 0.304. The van der Waals surface area contributed by atoms with Crippen LogP contribution < -0.4 is 24.6 Å². The number of anilines is 2. The van der Waals surface area contributed by atoms with Gasteiger partial charge in [-0.2, -0.15) is 0 Å². The van der Waals surface area contributed by atoms with Crippen molar-refractivity contribution in [2.45, 2.75) is 23.1 Å². The molecule has 2 aliphatic heterocycles. The van der Waals surface area contributed by atoms with E-state index < -0.39 is 17.1 Å². The van der Waals surface area contributed by atoms with Gasteiger partial charge >= 0.3 is 4.87 Å². The number of ether oxygens (including phenoxy) is 2. The lowest BCUT2D eigenvalue weighted by atomic mass is 9.83. The van der Waals surface area contributed by atoms with Crippen LogP contribution in [0.2, 0.25) is 0 Å². The van der Waals surface area contributed by atoms with Crippen LogP contribution in [0.15, 0.2) is 82.6 Å². The zero-order valence-electron chi connectivity index (χ0n) is 22.1. The number of aryl methyl sites for hydroxylation is 1. The number of carbonyl (C=O) groups excluding carboxylic acids is 3. The maximum atomic E-state index is 13.8. The van der Waals surface area contributed by atoms with Crippen LogP contribution in [-0.4, -0.2) is 41.7 Å². The van der Waals surface area contributed by atoms with Gasteiger partial charge in [0.05, 0.1) is 23.7 Å². The Hall–Kier alpha value is -4.35. The molecule has 1 aromatic heterocycles. The number of fused-ring (bicyclic) bond motifs is 2. The number of H-pyrrole nitrogens is 1. The van der Waals surface area contributed by atoms with Gasteiger partial charge in [-0.1, -0.05) is 65.1 Å². The Morgan fingerprint density at radius 2 is 1.73 bits per heavy atom. The topological polar surface area (TPSA) is 118 Å². The molecule has 0 saturated carbocycles. The van der Waals surface area contributed by atoms with Crippen LogP contribution in [0.25, 0.3) is 0 Å². The fourth-order valence-electron chi connectivity index (χ4n) is 5.18. The van der Waals surface area contributed by atoms with Gasteiger partial charge in [-0.05, 0) is 48.9 Å². The first kappa shape index (κ1) is 26.9. The van der Waals surface area contributed by atoms with Gasteiger partial charge in [-0.25, -0.2) is 4.90 Å². The highest BCUT2D eigenvalue weighted by molar-refractivity contribution is 8.00. The van der Waals surface area contributed by atoms with Crippen molar-refractivity contribution in [1.82, 2.24) is 4.98 Å². The summed E-state index contributed by atoms with van der Waals surface area (Å²) in [4.78, 5) is 56.7. The second-order valence-corrected chi connectivity index (χ2v) is 11.9. The van der Waals surface area contributed by atoms with E-state index >= 15 is 0 Å². The molecule has 0 spiro atoms. The summed E-state index contributed by atoms with van der Waals surface area (Å²) in [6.45, 7) is 1.73. The molecule has 3 heterocycles. The van der Waals surface area contributed by atoms with E-state index in [1.165, 1.54) is 23.8 Å². The molecular weight excluding hydrogens is 562 g/mol. The van der Waals surface area contributed by atoms with Crippen LogP contribution in [0.3, 0.4) is 0 Å². The Kier molecular flexibility index (Phi) is 7.14. The minimum atomic E-state index is -0.719. The highest BCUT2D eigenvalue weighted by Gasteiger charge is 2.56. The van der Waals surface area contributed by atoms with E-state index in [1.807, 2.05) is 37.3 Å². The predicted octanol–water partition coefficient (Wildman–Crippen LogP) is 4.57. The lowest BCUT2D eigenvalue weighted by Crippen LogP contribution is -2.32. The number of hydrogen-bond donors (Lipinski definition) is 2. The molecule has 0 radical (unpaired) electrons. The Balaban J connectivity index is 1.29. The number of thioether (sulfide) groups is 1. The van der Waals surface area contributed by atoms with E-state index in [2.05, 4.69) is 10.3 Å². The average Bonchev–Trinajstić information content (AvgIpc) is 3.47. The summed E-state index contributed by atoms with van der Waals surface area (Å²) in [5, 5.41) is 2.69. The second-order valence-electron chi connectivity index (χ2n) is 9.71. The van der Waals surface area contributed by atoms with Gasteiger partial charge in [-0.3, -0.25) is 19.2 Å².